The highest BCUT2D eigenvalue weighted by molar-refractivity contribution is 5.90. The van der Waals surface area contributed by atoms with Crippen molar-refractivity contribution < 1.29 is 9.59 Å². The highest BCUT2D eigenvalue weighted by Gasteiger charge is 2.28. The average Bonchev–Trinajstić information content (AvgIpc) is 3.01. The number of aromatic amines is 1. The van der Waals surface area contributed by atoms with E-state index < -0.39 is 0 Å². The molecule has 2 rings (SSSR count). The molecule has 110 valence electrons. The average molecular weight is 280 g/mol. The number of rotatable bonds is 5. The Morgan fingerprint density at radius 3 is 2.75 bits per heavy atom. The van der Waals surface area contributed by atoms with Gasteiger partial charge in [0.1, 0.15) is 0 Å². The molecule has 0 radical (unpaired) electrons. The molecular formula is C12H20N6O2. The van der Waals surface area contributed by atoms with Gasteiger partial charge in [0.25, 0.3) is 11.7 Å². The van der Waals surface area contributed by atoms with Crippen LogP contribution >= 0.6 is 0 Å². The van der Waals surface area contributed by atoms with E-state index in [1.54, 1.807) is 4.90 Å². The van der Waals surface area contributed by atoms with Crippen molar-refractivity contribution >= 4 is 11.8 Å². The van der Waals surface area contributed by atoms with Crippen LogP contribution < -0.4 is 5.32 Å². The third kappa shape index (κ3) is 3.52. The topological polar surface area (TPSA) is 104 Å². The van der Waals surface area contributed by atoms with Gasteiger partial charge < -0.3 is 10.2 Å². The first-order valence-corrected chi connectivity index (χ1v) is 7.02. The maximum Gasteiger partial charge on any atom is 0.295 e. The quantitative estimate of drug-likeness (QED) is 0.737. The number of likely N-dealkylation sites (tertiary alicyclic amines) is 1. The first-order chi connectivity index (χ1) is 9.72. The van der Waals surface area contributed by atoms with Gasteiger partial charge in [-0.1, -0.05) is 13.3 Å². The summed E-state index contributed by atoms with van der Waals surface area (Å²) in [6.45, 7) is 3.93. The molecule has 1 aliphatic rings. The molecule has 1 aromatic rings. The van der Waals surface area contributed by atoms with Gasteiger partial charge in [-0.2, -0.15) is 5.21 Å². The zero-order valence-electron chi connectivity index (χ0n) is 11.6. The molecule has 1 fully saturated rings. The summed E-state index contributed by atoms with van der Waals surface area (Å²) in [6, 6.07) is 0. The zero-order valence-corrected chi connectivity index (χ0v) is 11.6. The van der Waals surface area contributed by atoms with Gasteiger partial charge in [-0.25, -0.2) is 0 Å². The van der Waals surface area contributed by atoms with E-state index in [2.05, 4.69) is 32.9 Å². The molecule has 1 saturated heterocycles. The molecule has 2 amide bonds. The monoisotopic (exact) mass is 280 g/mol. The molecule has 1 aromatic heterocycles. The Bertz CT molecular complexity index is 439. The molecule has 2 heterocycles. The van der Waals surface area contributed by atoms with Crippen molar-refractivity contribution in [3.63, 3.8) is 0 Å². The SMILES string of the molecule is CCCCNC(=O)C1CCN(C(=O)c2nn[nH]n2)CC1. The second-order valence-corrected chi connectivity index (χ2v) is 4.95. The Hall–Kier alpha value is -1.99. The van der Waals surface area contributed by atoms with Crippen molar-refractivity contribution in [3.8, 4) is 0 Å². The van der Waals surface area contributed by atoms with Crippen LogP contribution in [0.4, 0.5) is 0 Å². The largest absolute Gasteiger partial charge is 0.356 e. The van der Waals surface area contributed by atoms with Gasteiger partial charge in [0.2, 0.25) is 5.91 Å². The fraction of sp³-hybridized carbons (Fsp3) is 0.750. The van der Waals surface area contributed by atoms with Crippen molar-refractivity contribution in [3.05, 3.63) is 5.82 Å². The molecule has 0 saturated carbocycles. The van der Waals surface area contributed by atoms with Crippen molar-refractivity contribution in [2.24, 2.45) is 5.92 Å². The van der Waals surface area contributed by atoms with E-state index in [0.717, 1.165) is 19.4 Å². The second-order valence-electron chi connectivity index (χ2n) is 4.95. The lowest BCUT2D eigenvalue weighted by molar-refractivity contribution is -0.126. The van der Waals surface area contributed by atoms with E-state index in [0.29, 0.717) is 25.9 Å². The molecule has 0 spiro atoms. The summed E-state index contributed by atoms with van der Waals surface area (Å²) < 4.78 is 0. The van der Waals surface area contributed by atoms with Gasteiger partial charge in [0.05, 0.1) is 0 Å². The highest BCUT2D eigenvalue weighted by atomic mass is 16.2. The van der Waals surface area contributed by atoms with E-state index >= 15 is 0 Å². The third-order valence-electron chi connectivity index (χ3n) is 3.52. The number of hydrogen-bond acceptors (Lipinski definition) is 5. The molecule has 0 unspecified atom stereocenters. The summed E-state index contributed by atoms with van der Waals surface area (Å²) in [7, 11) is 0. The number of H-pyrrole nitrogens is 1. The summed E-state index contributed by atoms with van der Waals surface area (Å²) in [5.41, 5.74) is 0. The van der Waals surface area contributed by atoms with Gasteiger partial charge >= 0.3 is 0 Å². The predicted octanol–water partition coefficient (Wildman–Crippen LogP) is -0.0318. The smallest absolute Gasteiger partial charge is 0.295 e. The zero-order chi connectivity index (χ0) is 14.4. The van der Waals surface area contributed by atoms with Crippen LogP contribution in [0.15, 0.2) is 0 Å². The summed E-state index contributed by atoms with van der Waals surface area (Å²) in [4.78, 5) is 25.6. The number of piperidine rings is 1. The molecule has 20 heavy (non-hydrogen) atoms. The fourth-order valence-electron chi connectivity index (χ4n) is 2.27. The van der Waals surface area contributed by atoms with Crippen molar-refractivity contribution in [2.75, 3.05) is 19.6 Å². The van der Waals surface area contributed by atoms with E-state index in [4.69, 9.17) is 0 Å². The molecule has 0 aromatic carbocycles. The molecule has 2 N–H and O–H groups in total. The maximum absolute atomic E-state index is 12.0. The van der Waals surface area contributed by atoms with Crippen LogP contribution in [-0.4, -0.2) is 57.0 Å². The van der Waals surface area contributed by atoms with Crippen LogP contribution in [0, 0.1) is 5.92 Å². The standard InChI is InChI=1S/C12H20N6O2/c1-2-3-6-13-11(19)9-4-7-18(8-5-9)12(20)10-14-16-17-15-10/h9H,2-8H2,1H3,(H,13,19)(H,14,15,16,17). The van der Waals surface area contributed by atoms with Crippen LogP contribution in [0.3, 0.4) is 0 Å². The predicted molar refractivity (Wildman–Crippen MR) is 70.7 cm³/mol. The van der Waals surface area contributed by atoms with E-state index in [1.165, 1.54) is 0 Å². The number of carbonyl (C=O) groups excluding carboxylic acids is 2. The molecule has 0 aliphatic carbocycles. The van der Waals surface area contributed by atoms with Crippen LogP contribution in [0.25, 0.3) is 0 Å². The number of amides is 2. The number of aromatic nitrogens is 4. The van der Waals surface area contributed by atoms with Crippen molar-refractivity contribution in [2.45, 2.75) is 32.6 Å². The lowest BCUT2D eigenvalue weighted by atomic mass is 9.96. The van der Waals surface area contributed by atoms with Gasteiger partial charge in [-0.05, 0) is 24.5 Å². The van der Waals surface area contributed by atoms with Gasteiger partial charge in [0, 0.05) is 25.6 Å². The number of tetrazole rings is 1. The second kappa shape index (κ2) is 6.97. The van der Waals surface area contributed by atoms with E-state index in [-0.39, 0.29) is 23.6 Å². The number of carbonyl (C=O) groups is 2. The Labute approximate surface area is 117 Å². The first kappa shape index (κ1) is 14.4. The van der Waals surface area contributed by atoms with Crippen LogP contribution in [0.1, 0.15) is 43.2 Å². The summed E-state index contributed by atoms with van der Waals surface area (Å²) >= 11 is 0. The van der Waals surface area contributed by atoms with Crippen molar-refractivity contribution in [1.29, 1.82) is 0 Å². The van der Waals surface area contributed by atoms with E-state index in [1.807, 2.05) is 0 Å². The summed E-state index contributed by atoms with van der Waals surface area (Å²) in [5.74, 6) is -0.0503. The maximum atomic E-state index is 12.0. The highest BCUT2D eigenvalue weighted by Crippen LogP contribution is 2.18. The minimum absolute atomic E-state index is 0.00109. The van der Waals surface area contributed by atoms with Crippen LogP contribution in [0.2, 0.25) is 0 Å². The molecule has 0 bridgehead atoms. The minimum Gasteiger partial charge on any atom is -0.356 e. The molecule has 8 nitrogen and oxygen atoms in total. The van der Waals surface area contributed by atoms with E-state index in [9.17, 15) is 9.59 Å². The normalized spacial score (nSPS) is 16.1. The van der Waals surface area contributed by atoms with Crippen LogP contribution in [-0.2, 0) is 4.79 Å². The first-order valence-electron chi connectivity index (χ1n) is 7.02. The molecule has 8 heteroatoms. The number of unbranched alkanes of at least 4 members (excludes halogenated alkanes) is 1. The Kier molecular flexibility index (Phi) is 5.03. The summed E-state index contributed by atoms with van der Waals surface area (Å²) in [5, 5.41) is 15.9. The van der Waals surface area contributed by atoms with Crippen LogP contribution in [0.5, 0.6) is 0 Å². The number of nitrogens with one attached hydrogen (secondary N) is 2. The Morgan fingerprint density at radius 2 is 2.15 bits per heavy atom. The molecule has 1 aliphatic heterocycles. The van der Waals surface area contributed by atoms with Crippen molar-refractivity contribution in [1.82, 2.24) is 30.8 Å². The lowest BCUT2D eigenvalue weighted by Crippen LogP contribution is -2.43. The molecule has 0 atom stereocenters. The van der Waals surface area contributed by atoms with Gasteiger partial charge in [0.15, 0.2) is 0 Å². The Morgan fingerprint density at radius 1 is 1.40 bits per heavy atom. The summed E-state index contributed by atoms with van der Waals surface area (Å²) in [6.07, 6.45) is 3.43. The molecular weight excluding hydrogens is 260 g/mol. The number of nitrogens with zero attached hydrogens (tertiary/aromatic N) is 4. The van der Waals surface area contributed by atoms with Gasteiger partial charge in [-0.15, -0.1) is 10.2 Å². The minimum atomic E-state index is -0.233. The third-order valence-corrected chi connectivity index (χ3v) is 3.52. The fourth-order valence-corrected chi connectivity index (χ4v) is 2.27. The number of hydrogen-bond donors (Lipinski definition) is 2. The lowest BCUT2D eigenvalue weighted by Gasteiger charge is -2.30. The van der Waals surface area contributed by atoms with Gasteiger partial charge in [-0.3, -0.25) is 9.59 Å². The Balaban J connectivity index is 1.77.